The molecule has 0 atom stereocenters. The highest BCUT2D eigenvalue weighted by Gasteiger charge is 2.21. The lowest BCUT2D eigenvalue weighted by atomic mass is 10.2. The van der Waals surface area contributed by atoms with Gasteiger partial charge in [-0.3, -0.25) is 4.79 Å². The molecule has 0 radical (unpaired) electrons. The van der Waals surface area contributed by atoms with Crippen LogP contribution in [0.25, 0.3) is 11.0 Å². The maximum atomic E-state index is 12.5. The van der Waals surface area contributed by atoms with Crippen LogP contribution in [0.2, 0.25) is 0 Å². The van der Waals surface area contributed by atoms with Crippen LogP contribution in [0.5, 0.6) is 0 Å². The SMILES string of the molecule is Cc1cccc(NC(=O)CCS(=O)(=O)c2cccc3nonc23)c1. The van der Waals surface area contributed by atoms with E-state index in [4.69, 9.17) is 0 Å². The molecule has 1 heterocycles. The average Bonchev–Trinajstić information content (AvgIpc) is 3.01. The number of nitrogens with zero attached hydrogens (tertiary/aromatic N) is 2. The molecular formula is C16H15N3O4S. The van der Waals surface area contributed by atoms with E-state index in [1.807, 2.05) is 25.1 Å². The number of rotatable bonds is 5. The Morgan fingerprint density at radius 1 is 1.17 bits per heavy atom. The normalized spacial score (nSPS) is 11.5. The van der Waals surface area contributed by atoms with Gasteiger partial charge in [-0.05, 0) is 47.1 Å². The van der Waals surface area contributed by atoms with Crippen LogP contribution in [0.1, 0.15) is 12.0 Å². The van der Waals surface area contributed by atoms with Crippen LogP contribution in [0, 0.1) is 6.92 Å². The van der Waals surface area contributed by atoms with Gasteiger partial charge in [0.2, 0.25) is 5.91 Å². The Balaban J connectivity index is 1.71. The van der Waals surface area contributed by atoms with Gasteiger partial charge >= 0.3 is 0 Å². The van der Waals surface area contributed by atoms with Crippen molar-refractivity contribution in [1.29, 1.82) is 0 Å². The van der Waals surface area contributed by atoms with E-state index < -0.39 is 9.84 Å². The molecule has 0 bridgehead atoms. The first-order chi connectivity index (χ1) is 11.5. The standard InChI is InChI=1S/C16H15N3O4S/c1-11-4-2-5-12(10-11)17-15(20)8-9-24(21,22)14-7-3-6-13-16(14)19-23-18-13/h2-7,10H,8-9H2,1H3,(H,17,20). The highest BCUT2D eigenvalue weighted by Crippen LogP contribution is 2.21. The summed E-state index contributed by atoms with van der Waals surface area (Å²) in [5.74, 6) is -0.689. The van der Waals surface area contributed by atoms with Crippen molar-refractivity contribution in [3.05, 3.63) is 48.0 Å². The zero-order chi connectivity index (χ0) is 17.2. The summed E-state index contributed by atoms with van der Waals surface area (Å²) in [6.45, 7) is 1.91. The number of anilines is 1. The lowest BCUT2D eigenvalue weighted by Crippen LogP contribution is -2.17. The highest BCUT2D eigenvalue weighted by atomic mass is 32.2. The summed E-state index contributed by atoms with van der Waals surface area (Å²) in [6.07, 6.45) is -0.155. The summed E-state index contributed by atoms with van der Waals surface area (Å²) < 4.78 is 29.5. The lowest BCUT2D eigenvalue weighted by molar-refractivity contribution is -0.115. The van der Waals surface area contributed by atoms with Gasteiger partial charge in [-0.2, -0.15) is 0 Å². The molecule has 0 fully saturated rings. The number of benzene rings is 2. The van der Waals surface area contributed by atoms with Crippen molar-refractivity contribution < 1.29 is 17.8 Å². The zero-order valence-electron chi connectivity index (χ0n) is 12.9. The van der Waals surface area contributed by atoms with Crippen molar-refractivity contribution in [3.8, 4) is 0 Å². The third-order valence-corrected chi connectivity index (χ3v) is 5.22. The molecule has 124 valence electrons. The molecule has 1 N–H and O–H groups in total. The Kier molecular flexibility index (Phi) is 4.30. The smallest absolute Gasteiger partial charge is 0.225 e. The summed E-state index contributed by atoms with van der Waals surface area (Å²) >= 11 is 0. The van der Waals surface area contributed by atoms with Crippen LogP contribution in [-0.4, -0.2) is 30.4 Å². The fourth-order valence-corrected chi connectivity index (χ4v) is 3.71. The summed E-state index contributed by atoms with van der Waals surface area (Å²) in [7, 11) is -3.68. The number of fused-ring (bicyclic) bond motifs is 1. The fraction of sp³-hybridized carbons (Fsp3) is 0.188. The molecule has 0 aliphatic heterocycles. The van der Waals surface area contributed by atoms with Crippen LogP contribution in [0.15, 0.2) is 52.0 Å². The third kappa shape index (κ3) is 3.43. The van der Waals surface area contributed by atoms with E-state index >= 15 is 0 Å². The molecule has 3 aromatic rings. The minimum atomic E-state index is -3.68. The first-order valence-electron chi connectivity index (χ1n) is 7.26. The van der Waals surface area contributed by atoms with Gasteiger partial charge in [-0.15, -0.1) is 0 Å². The largest absolute Gasteiger partial charge is 0.326 e. The number of hydrogen-bond acceptors (Lipinski definition) is 6. The van der Waals surface area contributed by atoms with Crippen molar-refractivity contribution >= 4 is 32.5 Å². The summed E-state index contributed by atoms with van der Waals surface area (Å²) in [5.41, 5.74) is 2.18. The van der Waals surface area contributed by atoms with Gasteiger partial charge in [0.1, 0.15) is 5.52 Å². The maximum Gasteiger partial charge on any atom is 0.225 e. The van der Waals surface area contributed by atoms with Crippen LogP contribution in [0.3, 0.4) is 0 Å². The van der Waals surface area contributed by atoms with Gasteiger partial charge in [-0.25, -0.2) is 13.0 Å². The number of sulfone groups is 1. The lowest BCUT2D eigenvalue weighted by Gasteiger charge is -2.07. The fourth-order valence-electron chi connectivity index (χ4n) is 2.32. The number of nitrogens with one attached hydrogen (secondary N) is 1. The van der Waals surface area contributed by atoms with Crippen LogP contribution in [-0.2, 0) is 14.6 Å². The van der Waals surface area contributed by atoms with Crippen molar-refractivity contribution in [2.45, 2.75) is 18.2 Å². The number of carbonyl (C=O) groups is 1. The van der Waals surface area contributed by atoms with Crippen LogP contribution in [0.4, 0.5) is 5.69 Å². The molecule has 0 aliphatic rings. The molecule has 1 aromatic heterocycles. The summed E-state index contributed by atoms with van der Waals surface area (Å²) in [5, 5.41) is 9.94. The predicted molar refractivity (Wildman–Crippen MR) is 88.3 cm³/mol. The first kappa shape index (κ1) is 16.1. The Morgan fingerprint density at radius 3 is 2.75 bits per heavy atom. The van der Waals surface area contributed by atoms with E-state index in [9.17, 15) is 13.2 Å². The van der Waals surface area contributed by atoms with Gasteiger partial charge in [0.05, 0.1) is 10.6 Å². The van der Waals surface area contributed by atoms with Gasteiger partial charge in [0.25, 0.3) is 0 Å². The second-order valence-corrected chi connectivity index (χ2v) is 7.45. The van der Waals surface area contributed by atoms with Gasteiger partial charge in [0.15, 0.2) is 15.4 Å². The summed E-state index contributed by atoms with van der Waals surface area (Å²) in [6, 6.07) is 11.9. The number of carbonyl (C=O) groups excluding carboxylic acids is 1. The topological polar surface area (TPSA) is 102 Å². The number of aryl methyl sites for hydroxylation is 1. The van der Waals surface area contributed by atoms with Gasteiger partial charge < -0.3 is 5.32 Å². The summed E-state index contributed by atoms with van der Waals surface area (Å²) in [4.78, 5) is 12.0. The average molecular weight is 345 g/mol. The molecule has 1 amide bonds. The van der Waals surface area contributed by atoms with Gasteiger partial charge in [-0.1, -0.05) is 18.2 Å². The van der Waals surface area contributed by atoms with Crippen molar-refractivity contribution in [2.24, 2.45) is 0 Å². The number of aromatic nitrogens is 2. The van der Waals surface area contributed by atoms with Crippen LogP contribution < -0.4 is 5.32 Å². The quantitative estimate of drug-likeness (QED) is 0.761. The minimum absolute atomic E-state index is 0.0182. The monoisotopic (exact) mass is 345 g/mol. The van der Waals surface area contributed by atoms with E-state index in [1.165, 1.54) is 6.07 Å². The third-order valence-electron chi connectivity index (χ3n) is 3.48. The second-order valence-electron chi connectivity index (χ2n) is 5.37. The molecule has 2 aromatic carbocycles. The van der Waals surface area contributed by atoms with Crippen molar-refractivity contribution in [2.75, 3.05) is 11.1 Å². The van der Waals surface area contributed by atoms with Crippen LogP contribution >= 0.6 is 0 Å². The number of hydrogen-bond donors (Lipinski definition) is 1. The van der Waals surface area contributed by atoms with Gasteiger partial charge in [0, 0.05) is 12.1 Å². The Labute approximate surface area is 138 Å². The van der Waals surface area contributed by atoms with E-state index in [1.54, 1.807) is 18.2 Å². The molecule has 8 heteroatoms. The molecular weight excluding hydrogens is 330 g/mol. The van der Waals surface area contributed by atoms with E-state index in [-0.39, 0.29) is 28.5 Å². The first-order valence-corrected chi connectivity index (χ1v) is 8.91. The predicted octanol–water partition coefficient (Wildman–Crippen LogP) is 2.33. The molecule has 0 unspecified atom stereocenters. The Bertz CT molecular complexity index is 995. The molecule has 0 spiro atoms. The van der Waals surface area contributed by atoms with E-state index in [0.29, 0.717) is 11.2 Å². The van der Waals surface area contributed by atoms with Crippen molar-refractivity contribution in [3.63, 3.8) is 0 Å². The molecule has 0 saturated heterocycles. The Hall–Kier alpha value is -2.74. The molecule has 24 heavy (non-hydrogen) atoms. The molecule has 3 rings (SSSR count). The van der Waals surface area contributed by atoms with Crippen molar-refractivity contribution in [1.82, 2.24) is 10.3 Å². The molecule has 7 nitrogen and oxygen atoms in total. The number of amides is 1. The molecule has 0 saturated carbocycles. The maximum absolute atomic E-state index is 12.5. The Morgan fingerprint density at radius 2 is 1.96 bits per heavy atom. The zero-order valence-corrected chi connectivity index (χ0v) is 13.7. The highest BCUT2D eigenvalue weighted by molar-refractivity contribution is 7.91. The van der Waals surface area contributed by atoms with E-state index in [0.717, 1.165) is 5.56 Å². The second kappa shape index (κ2) is 6.40. The minimum Gasteiger partial charge on any atom is -0.326 e. The van der Waals surface area contributed by atoms with E-state index in [2.05, 4.69) is 20.3 Å². The molecule has 0 aliphatic carbocycles.